The highest BCUT2D eigenvalue weighted by Gasteiger charge is 2.32. The molecular formula is C16H27N3O3. The minimum absolute atomic E-state index is 0.0909. The number of ether oxygens (including phenoxy) is 1. The van der Waals surface area contributed by atoms with Crippen LogP contribution in [0.25, 0.3) is 0 Å². The van der Waals surface area contributed by atoms with Gasteiger partial charge < -0.3 is 19.8 Å². The van der Waals surface area contributed by atoms with Crippen LogP contribution in [0.15, 0.2) is 10.7 Å². The Balaban J connectivity index is 1.75. The number of nitrogens with one attached hydrogen (secondary N) is 2. The van der Waals surface area contributed by atoms with Crippen molar-refractivity contribution in [3.63, 3.8) is 0 Å². The van der Waals surface area contributed by atoms with Crippen molar-refractivity contribution in [3.05, 3.63) is 17.8 Å². The molecule has 1 saturated carbocycles. The summed E-state index contributed by atoms with van der Waals surface area (Å²) in [5.41, 5.74) is 0.837. The molecule has 1 aromatic heterocycles. The van der Waals surface area contributed by atoms with Gasteiger partial charge in [0.05, 0.1) is 18.8 Å². The summed E-state index contributed by atoms with van der Waals surface area (Å²) in [6.45, 7) is 3.73. The fourth-order valence-electron chi connectivity index (χ4n) is 3.07. The molecule has 0 aliphatic heterocycles. The third-order valence-corrected chi connectivity index (χ3v) is 4.32. The fourth-order valence-corrected chi connectivity index (χ4v) is 3.07. The zero-order chi connectivity index (χ0) is 15.8. The number of carbonyl (C=O) groups is 1. The standard InChI is InChI=1S/C16H27N3O3/c1-3-14-19-13(10-22-14)9-17-15(20)18-11-16(12-21-2)7-5-4-6-8-16/h10H,3-9,11-12H2,1-2H3,(H2,17,18,20). The number of amides is 2. The quantitative estimate of drug-likeness (QED) is 0.812. The Morgan fingerprint density at radius 3 is 2.77 bits per heavy atom. The van der Waals surface area contributed by atoms with Crippen molar-refractivity contribution >= 4 is 6.03 Å². The molecule has 1 aliphatic carbocycles. The summed E-state index contributed by atoms with van der Waals surface area (Å²) >= 11 is 0. The van der Waals surface area contributed by atoms with Crippen LogP contribution in [0, 0.1) is 5.41 Å². The topological polar surface area (TPSA) is 76.4 Å². The lowest BCUT2D eigenvalue weighted by molar-refractivity contribution is 0.0502. The molecule has 124 valence electrons. The van der Waals surface area contributed by atoms with Crippen molar-refractivity contribution < 1.29 is 13.9 Å². The maximum absolute atomic E-state index is 12.0. The molecule has 0 saturated heterocycles. The predicted molar refractivity (Wildman–Crippen MR) is 83.5 cm³/mol. The third-order valence-electron chi connectivity index (χ3n) is 4.32. The molecule has 22 heavy (non-hydrogen) atoms. The number of hydrogen-bond donors (Lipinski definition) is 2. The van der Waals surface area contributed by atoms with Crippen LogP contribution in [-0.4, -0.2) is 31.3 Å². The van der Waals surface area contributed by atoms with Crippen LogP contribution in [0.2, 0.25) is 0 Å². The SMILES string of the molecule is CCc1nc(CNC(=O)NCC2(COC)CCCCC2)co1. The number of nitrogens with zero attached hydrogens (tertiary/aromatic N) is 1. The molecule has 0 bridgehead atoms. The van der Waals surface area contributed by atoms with Gasteiger partial charge in [0.25, 0.3) is 0 Å². The summed E-state index contributed by atoms with van der Waals surface area (Å²) in [7, 11) is 1.73. The molecule has 1 fully saturated rings. The van der Waals surface area contributed by atoms with E-state index >= 15 is 0 Å². The van der Waals surface area contributed by atoms with Gasteiger partial charge >= 0.3 is 6.03 Å². The van der Waals surface area contributed by atoms with E-state index in [2.05, 4.69) is 15.6 Å². The highest BCUT2D eigenvalue weighted by atomic mass is 16.5. The van der Waals surface area contributed by atoms with E-state index < -0.39 is 0 Å². The molecule has 0 spiro atoms. The first-order valence-corrected chi connectivity index (χ1v) is 8.11. The number of methoxy groups -OCH3 is 1. The van der Waals surface area contributed by atoms with Gasteiger partial charge in [0.2, 0.25) is 0 Å². The lowest BCUT2D eigenvalue weighted by Crippen LogP contribution is -2.45. The van der Waals surface area contributed by atoms with Crippen molar-refractivity contribution in [2.24, 2.45) is 5.41 Å². The van der Waals surface area contributed by atoms with Gasteiger partial charge in [0.1, 0.15) is 6.26 Å². The van der Waals surface area contributed by atoms with Crippen LogP contribution < -0.4 is 10.6 Å². The maximum atomic E-state index is 12.0. The van der Waals surface area contributed by atoms with Crippen molar-refractivity contribution in [1.29, 1.82) is 0 Å². The molecule has 2 amide bonds. The van der Waals surface area contributed by atoms with Gasteiger partial charge in [-0.05, 0) is 12.8 Å². The Bertz CT molecular complexity index is 461. The van der Waals surface area contributed by atoms with Crippen molar-refractivity contribution in [2.75, 3.05) is 20.3 Å². The van der Waals surface area contributed by atoms with E-state index in [1.165, 1.54) is 19.3 Å². The number of carbonyl (C=O) groups excluding carboxylic acids is 1. The Kier molecular flexibility index (Phi) is 6.24. The van der Waals surface area contributed by atoms with Crippen molar-refractivity contribution in [1.82, 2.24) is 15.6 Å². The molecule has 0 aromatic carbocycles. The maximum Gasteiger partial charge on any atom is 0.315 e. The summed E-state index contributed by atoms with van der Waals surface area (Å²) in [4.78, 5) is 16.2. The molecule has 2 N–H and O–H groups in total. The highest BCUT2D eigenvalue weighted by molar-refractivity contribution is 5.73. The molecule has 0 unspecified atom stereocenters. The van der Waals surface area contributed by atoms with Crippen molar-refractivity contribution in [2.45, 2.75) is 52.0 Å². The molecule has 1 aliphatic rings. The lowest BCUT2D eigenvalue weighted by atomic mass is 9.74. The molecule has 6 nitrogen and oxygen atoms in total. The first kappa shape index (κ1) is 16.8. The van der Waals surface area contributed by atoms with Crippen molar-refractivity contribution in [3.8, 4) is 0 Å². The Labute approximate surface area is 132 Å². The van der Waals surface area contributed by atoms with Gasteiger partial charge in [-0.2, -0.15) is 0 Å². The van der Waals surface area contributed by atoms with E-state index in [9.17, 15) is 4.79 Å². The average Bonchev–Trinajstić information content (AvgIpc) is 3.00. The summed E-state index contributed by atoms with van der Waals surface area (Å²) < 4.78 is 10.6. The van der Waals surface area contributed by atoms with Crippen LogP contribution >= 0.6 is 0 Å². The Morgan fingerprint density at radius 1 is 1.36 bits per heavy atom. The number of aromatic nitrogens is 1. The number of urea groups is 1. The molecule has 1 aromatic rings. The zero-order valence-corrected chi connectivity index (χ0v) is 13.6. The lowest BCUT2D eigenvalue weighted by Gasteiger charge is -2.36. The van der Waals surface area contributed by atoms with Crippen LogP contribution in [0.4, 0.5) is 4.79 Å². The van der Waals surface area contributed by atoms with Gasteiger partial charge in [-0.1, -0.05) is 26.2 Å². The minimum Gasteiger partial charge on any atom is -0.449 e. The van der Waals surface area contributed by atoms with Crippen LogP contribution in [0.1, 0.15) is 50.6 Å². The van der Waals surface area contributed by atoms with Crippen LogP contribution in [0.3, 0.4) is 0 Å². The third kappa shape index (κ3) is 4.73. The molecular weight excluding hydrogens is 282 g/mol. The number of hydrogen-bond acceptors (Lipinski definition) is 4. The largest absolute Gasteiger partial charge is 0.449 e. The highest BCUT2D eigenvalue weighted by Crippen LogP contribution is 2.35. The monoisotopic (exact) mass is 309 g/mol. The Hall–Kier alpha value is -1.56. The molecule has 0 atom stereocenters. The van der Waals surface area contributed by atoms with E-state index in [1.807, 2.05) is 6.92 Å². The normalized spacial score (nSPS) is 17.2. The predicted octanol–water partition coefficient (Wildman–Crippen LogP) is 2.63. The summed E-state index contributed by atoms with van der Waals surface area (Å²) in [6.07, 6.45) is 8.29. The van der Waals surface area contributed by atoms with Gasteiger partial charge in [0, 0.05) is 25.5 Å². The van der Waals surface area contributed by atoms with Gasteiger partial charge in [-0.3, -0.25) is 0 Å². The molecule has 1 heterocycles. The van der Waals surface area contributed by atoms with Gasteiger partial charge in [0.15, 0.2) is 5.89 Å². The first-order valence-electron chi connectivity index (χ1n) is 8.11. The van der Waals surface area contributed by atoms with E-state index in [4.69, 9.17) is 9.15 Å². The second-order valence-corrected chi connectivity index (χ2v) is 6.12. The number of oxazole rings is 1. The van der Waals surface area contributed by atoms with Crippen LogP contribution in [0.5, 0.6) is 0 Å². The molecule has 2 rings (SSSR count). The summed E-state index contributed by atoms with van der Waals surface area (Å²) in [5.74, 6) is 0.693. The number of aryl methyl sites for hydroxylation is 1. The van der Waals surface area contributed by atoms with E-state index in [-0.39, 0.29) is 11.4 Å². The molecule has 0 radical (unpaired) electrons. The second-order valence-electron chi connectivity index (χ2n) is 6.12. The van der Waals surface area contributed by atoms with E-state index in [0.717, 1.165) is 25.0 Å². The fraction of sp³-hybridized carbons (Fsp3) is 0.750. The van der Waals surface area contributed by atoms with E-state index in [0.29, 0.717) is 25.6 Å². The van der Waals surface area contributed by atoms with E-state index in [1.54, 1.807) is 13.4 Å². The first-order chi connectivity index (χ1) is 10.7. The van der Waals surface area contributed by atoms with Crippen LogP contribution in [-0.2, 0) is 17.7 Å². The smallest absolute Gasteiger partial charge is 0.315 e. The Morgan fingerprint density at radius 2 is 2.14 bits per heavy atom. The average molecular weight is 309 g/mol. The second kappa shape index (κ2) is 8.17. The minimum atomic E-state index is -0.165. The van der Waals surface area contributed by atoms with Gasteiger partial charge in [-0.25, -0.2) is 9.78 Å². The number of rotatable bonds is 7. The summed E-state index contributed by atoms with van der Waals surface area (Å²) in [6, 6.07) is -0.165. The van der Waals surface area contributed by atoms with Gasteiger partial charge in [-0.15, -0.1) is 0 Å². The summed E-state index contributed by atoms with van der Waals surface area (Å²) in [5, 5.41) is 5.80. The molecule has 6 heteroatoms. The zero-order valence-electron chi connectivity index (χ0n) is 13.6.